The number of hydrogen-bond acceptors (Lipinski definition) is 5. The topological polar surface area (TPSA) is 85.5 Å². The smallest absolute Gasteiger partial charge is 0.306 e. The molecule has 6 nitrogen and oxygen atoms in total. The van der Waals surface area contributed by atoms with Crippen LogP contribution in [0.1, 0.15) is 37.4 Å². The van der Waals surface area contributed by atoms with Crippen molar-refractivity contribution in [2.24, 2.45) is 5.92 Å². The number of nitrogens with zero attached hydrogens (tertiary/aromatic N) is 2. The summed E-state index contributed by atoms with van der Waals surface area (Å²) in [6.07, 6.45) is 3.06. The minimum absolute atomic E-state index is 0.115. The van der Waals surface area contributed by atoms with E-state index in [2.05, 4.69) is 10.1 Å². The van der Waals surface area contributed by atoms with Crippen molar-refractivity contribution < 1.29 is 19.2 Å². The van der Waals surface area contributed by atoms with Crippen LogP contribution in [0.5, 0.6) is 0 Å². The van der Waals surface area contributed by atoms with Gasteiger partial charge in [0.05, 0.1) is 12.0 Å². The highest BCUT2D eigenvalue weighted by atomic mass is 16.5. The lowest BCUT2D eigenvalue weighted by Gasteiger charge is -2.25. The standard InChI is InChI=1S/C11H16N2O4/c1-7-12-10(13-17-7)6-16-9-4-2-8(3-5-9)11(14)15/h8-9H,2-6H2,1H3,(H,14,15). The molecule has 94 valence electrons. The summed E-state index contributed by atoms with van der Waals surface area (Å²) in [6.45, 7) is 2.06. The van der Waals surface area contributed by atoms with Crippen LogP contribution in [-0.4, -0.2) is 27.3 Å². The second-order valence-corrected chi connectivity index (χ2v) is 4.35. The van der Waals surface area contributed by atoms with Crippen molar-refractivity contribution in [2.75, 3.05) is 0 Å². The van der Waals surface area contributed by atoms with Crippen LogP contribution in [0, 0.1) is 12.8 Å². The third-order valence-corrected chi connectivity index (χ3v) is 3.04. The fraction of sp³-hybridized carbons (Fsp3) is 0.727. The van der Waals surface area contributed by atoms with E-state index in [-0.39, 0.29) is 12.0 Å². The Morgan fingerprint density at radius 1 is 1.47 bits per heavy atom. The van der Waals surface area contributed by atoms with Crippen LogP contribution in [0.15, 0.2) is 4.52 Å². The Labute approximate surface area is 99.0 Å². The molecule has 6 heteroatoms. The number of carbonyl (C=O) groups is 1. The van der Waals surface area contributed by atoms with E-state index in [4.69, 9.17) is 14.4 Å². The number of rotatable bonds is 4. The monoisotopic (exact) mass is 240 g/mol. The first-order valence-corrected chi connectivity index (χ1v) is 5.78. The van der Waals surface area contributed by atoms with E-state index in [9.17, 15) is 4.79 Å². The molecule has 0 aromatic carbocycles. The van der Waals surface area contributed by atoms with E-state index in [0.717, 1.165) is 12.8 Å². The number of carboxylic acids is 1. The molecule has 1 aromatic heterocycles. The molecule has 0 amide bonds. The first-order valence-electron chi connectivity index (χ1n) is 5.78. The maximum absolute atomic E-state index is 10.8. The zero-order valence-electron chi connectivity index (χ0n) is 9.76. The number of aromatic nitrogens is 2. The first kappa shape index (κ1) is 12.0. The summed E-state index contributed by atoms with van der Waals surface area (Å²) in [7, 11) is 0. The lowest BCUT2D eigenvalue weighted by atomic mass is 9.87. The molecule has 0 saturated heterocycles. The highest BCUT2D eigenvalue weighted by Crippen LogP contribution is 2.26. The van der Waals surface area contributed by atoms with Crippen LogP contribution in [0.3, 0.4) is 0 Å². The zero-order valence-corrected chi connectivity index (χ0v) is 9.76. The normalized spacial score (nSPS) is 24.8. The van der Waals surface area contributed by atoms with Gasteiger partial charge in [-0.2, -0.15) is 4.98 Å². The van der Waals surface area contributed by atoms with Crippen LogP contribution in [0.25, 0.3) is 0 Å². The van der Waals surface area contributed by atoms with E-state index in [1.807, 2.05) is 0 Å². The molecule has 17 heavy (non-hydrogen) atoms. The fourth-order valence-corrected chi connectivity index (χ4v) is 2.07. The lowest BCUT2D eigenvalue weighted by molar-refractivity contribution is -0.143. The van der Waals surface area contributed by atoms with Gasteiger partial charge in [0.1, 0.15) is 6.61 Å². The third-order valence-electron chi connectivity index (χ3n) is 3.04. The molecule has 1 saturated carbocycles. The number of ether oxygens (including phenoxy) is 1. The van der Waals surface area contributed by atoms with Crippen LogP contribution in [0.2, 0.25) is 0 Å². The molecule has 1 N–H and O–H groups in total. The second kappa shape index (κ2) is 5.27. The molecule has 0 bridgehead atoms. The number of carboxylic acid groups (broad SMARTS) is 1. The minimum Gasteiger partial charge on any atom is -0.481 e. The molecular weight excluding hydrogens is 224 g/mol. The Balaban J connectivity index is 1.73. The number of hydrogen-bond donors (Lipinski definition) is 1. The molecule has 1 aliphatic rings. The van der Waals surface area contributed by atoms with Gasteiger partial charge < -0.3 is 14.4 Å². The van der Waals surface area contributed by atoms with Gasteiger partial charge in [0.2, 0.25) is 5.89 Å². The van der Waals surface area contributed by atoms with Gasteiger partial charge in [-0.25, -0.2) is 0 Å². The summed E-state index contributed by atoms with van der Waals surface area (Å²) in [4.78, 5) is 14.8. The van der Waals surface area contributed by atoms with Gasteiger partial charge >= 0.3 is 5.97 Å². The number of aliphatic carboxylic acids is 1. The molecule has 0 aliphatic heterocycles. The van der Waals surface area contributed by atoms with Crippen LogP contribution in [0.4, 0.5) is 0 Å². The Morgan fingerprint density at radius 3 is 2.71 bits per heavy atom. The van der Waals surface area contributed by atoms with Crippen LogP contribution < -0.4 is 0 Å². The maximum Gasteiger partial charge on any atom is 0.306 e. The van der Waals surface area contributed by atoms with Gasteiger partial charge in [0, 0.05) is 6.92 Å². The van der Waals surface area contributed by atoms with Crippen molar-refractivity contribution in [3.05, 3.63) is 11.7 Å². The van der Waals surface area contributed by atoms with Gasteiger partial charge in [0.25, 0.3) is 0 Å². The van der Waals surface area contributed by atoms with Crippen molar-refractivity contribution >= 4 is 5.97 Å². The van der Waals surface area contributed by atoms with E-state index < -0.39 is 5.97 Å². The Kier molecular flexibility index (Phi) is 3.73. The lowest BCUT2D eigenvalue weighted by Crippen LogP contribution is -2.26. The average molecular weight is 240 g/mol. The van der Waals surface area contributed by atoms with Gasteiger partial charge in [-0.15, -0.1) is 0 Å². The highest BCUT2D eigenvalue weighted by molar-refractivity contribution is 5.70. The largest absolute Gasteiger partial charge is 0.481 e. The minimum atomic E-state index is -0.697. The molecule has 2 rings (SSSR count). The van der Waals surface area contributed by atoms with E-state index in [1.165, 1.54) is 0 Å². The molecule has 1 fully saturated rings. The second-order valence-electron chi connectivity index (χ2n) is 4.35. The Bertz CT molecular complexity index is 383. The van der Waals surface area contributed by atoms with Crippen molar-refractivity contribution in [3.63, 3.8) is 0 Å². The molecule has 1 heterocycles. The Hall–Kier alpha value is -1.43. The van der Waals surface area contributed by atoms with Crippen LogP contribution in [-0.2, 0) is 16.1 Å². The highest BCUT2D eigenvalue weighted by Gasteiger charge is 2.26. The average Bonchev–Trinajstić information content (AvgIpc) is 2.73. The van der Waals surface area contributed by atoms with Gasteiger partial charge in [-0.1, -0.05) is 5.16 Å². The molecule has 0 unspecified atom stereocenters. The first-order chi connectivity index (χ1) is 8.15. The van der Waals surface area contributed by atoms with Crippen molar-refractivity contribution in [3.8, 4) is 0 Å². The quantitative estimate of drug-likeness (QED) is 0.859. The predicted molar refractivity (Wildman–Crippen MR) is 57.2 cm³/mol. The number of aryl methyl sites for hydroxylation is 1. The summed E-state index contributed by atoms with van der Waals surface area (Å²) < 4.78 is 10.5. The molecule has 1 aromatic rings. The molecular formula is C11H16N2O4. The summed E-state index contributed by atoms with van der Waals surface area (Å²) >= 11 is 0. The molecule has 0 spiro atoms. The van der Waals surface area contributed by atoms with Crippen molar-refractivity contribution in [2.45, 2.75) is 45.3 Å². The summed E-state index contributed by atoms with van der Waals surface area (Å²) in [5.74, 6) is 0.167. The van der Waals surface area contributed by atoms with E-state index in [0.29, 0.717) is 31.2 Å². The predicted octanol–water partition coefficient (Wildman–Crippen LogP) is 1.54. The van der Waals surface area contributed by atoms with Crippen molar-refractivity contribution in [1.82, 2.24) is 10.1 Å². The SMILES string of the molecule is Cc1nc(COC2CCC(C(=O)O)CC2)no1. The van der Waals surface area contributed by atoms with E-state index in [1.54, 1.807) is 6.92 Å². The maximum atomic E-state index is 10.8. The zero-order chi connectivity index (χ0) is 12.3. The van der Waals surface area contributed by atoms with E-state index >= 15 is 0 Å². The molecule has 1 aliphatic carbocycles. The summed E-state index contributed by atoms with van der Waals surface area (Å²) in [5, 5.41) is 12.6. The van der Waals surface area contributed by atoms with Gasteiger partial charge in [-0.3, -0.25) is 4.79 Å². The third kappa shape index (κ3) is 3.26. The van der Waals surface area contributed by atoms with Gasteiger partial charge in [0.15, 0.2) is 5.82 Å². The van der Waals surface area contributed by atoms with Crippen LogP contribution >= 0.6 is 0 Å². The van der Waals surface area contributed by atoms with Gasteiger partial charge in [-0.05, 0) is 25.7 Å². The fourth-order valence-electron chi connectivity index (χ4n) is 2.07. The van der Waals surface area contributed by atoms with Crippen molar-refractivity contribution in [1.29, 1.82) is 0 Å². The molecule has 0 radical (unpaired) electrons. The molecule has 0 atom stereocenters. The summed E-state index contributed by atoms with van der Waals surface area (Å²) in [5.41, 5.74) is 0. The summed E-state index contributed by atoms with van der Waals surface area (Å²) in [6, 6.07) is 0. The Morgan fingerprint density at radius 2 is 2.18 bits per heavy atom.